The van der Waals surface area contributed by atoms with Gasteiger partial charge < -0.3 is 19.2 Å². The minimum atomic E-state index is -4.89. The van der Waals surface area contributed by atoms with Gasteiger partial charge in [0.25, 0.3) is 7.82 Å². The normalized spacial score (nSPS) is 12.1. The quantitative estimate of drug-likeness (QED) is 0.216. The second-order valence-electron chi connectivity index (χ2n) is 7.09. The molecule has 0 saturated heterocycles. The highest BCUT2D eigenvalue weighted by Gasteiger charge is 2.20. The summed E-state index contributed by atoms with van der Waals surface area (Å²) in [7, 11) is -4.89. The minimum absolute atomic E-state index is 0.813. The Bertz CT molecular complexity index is 574. The Morgan fingerprint density at radius 2 is 1.54 bits per heavy atom. The van der Waals surface area contributed by atoms with Crippen LogP contribution in [0.5, 0.6) is 0 Å². The fourth-order valence-electron chi connectivity index (χ4n) is 3.08. The Labute approximate surface area is 175 Å². The van der Waals surface area contributed by atoms with Crippen LogP contribution in [0.3, 0.4) is 0 Å². The van der Waals surface area contributed by atoms with Crippen molar-refractivity contribution in [1.82, 2.24) is 0 Å². The SMILES string of the molecule is CCCCCCC[N+](CC)(CC)C/C=C\Cc1ccc(Cl)cc1.O=P([O-])(O)O. The van der Waals surface area contributed by atoms with E-state index in [9.17, 15) is 0 Å². The summed E-state index contributed by atoms with van der Waals surface area (Å²) in [6.07, 6.45) is 12.6. The lowest BCUT2D eigenvalue weighted by Gasteiger charge is -2.36. The molecule has 0 fully saturated rings. The van der Waals surface area contributed by atoms with Gasteiger partial charge in [0.2, 0.25) is 0 Å². The number of quaternary nitrogens is 1. The number of hydrogen-bond donors (Lipinski definition) is 2. The standard InChI is InChI=1S/C21H35ClN.H3O4P/c1-4-7-8-9-11-18-23(5-2,6-3)19-12-10-13-20-14-16-21(22)17-15-20;1-5(2,3)4/h10,12,14-17H,4-9,11,13,18-19H2,1-3H3;(H3,1,2,3,4)/q+1;/p-1/b12-10-;. The van der Waals surface area contributed by atoms with Gasteiger partial charge in [-0.3, -0.25) is 4.57 Å². The molecule has 0 atom stereocenters. The summed E-state index contributed by atoms with van der Waals surface area (Å²) in [6, 6.07) is 8.17. The maximum absolute atomic E-state index is 8.77. The lowest BCUT2D eigenvalue weighted by molar-refractivity contribution is -0.919. The Morgan fingerprint density at radius 1 is 1.00 bits per heavy atom. The molecule has 0 bridgehead atoms. The molecule has 0 aliphatic heterocycles. The van der Waals surface area contributed by atoms with Gasteiger partial charge in [0.1, 0.15) is 0 Å². The Kier molecular flexibility index (Phi) is 14.8. The van der Waals surface area contributed by atoms with Gasteiger partial charge in [0.15, 0.2) is 0 Å². The molecule has 1 aromatic rings. The van der Waals surface area contributed by atoms with Gasteiger partial charge in [-0.05, 0) is 56.9 Å². The third kappa shape index (κ3) is 15.3. The lowest BCUT2D eigenvalue weighted by Crippen LogP contribution is -2.48. The molecule has 0 saturated carbocycles. The number of benzene rings is 1. The average Bonchev–Trinajstić information content (AvgIpc) is 2.63. The van der Waals surface area contributed by atoms with E-state index in [1.807, 2.05) is 12.1 Å². The Balaban J connectivity index is 0.00000129. The molecule has 7 heteroatoms. The predicted molar refractivity (Wildman–Crippen MR) is 116 cm³/mol. The second-order valence-corrected chi connectivity index (χ2v) is 8.50. The molecule has 0 aliphatic rings. The smallest absolute Gasteiger partial charge is 0.262 e. The van der Waals surface area contributed by atoms with Crippen LogP contribution in [0.15, 0.2) is 36.4 Å². The van der Waals surface area contributed by atoms with E-state index in [0.717, 1.165) is 18.0 Å². The fraction of sp³-hybridized carbons (Fsp3) is 0.619. The van der Waals surface area contributed by atoms with Crippen LogP contribution in [0.4, 0.5) is 0 Å². The largest absolute Gasteiger partial charge is 0.756 e. The number of allylic oxidation sites excluding steroid dienone is 1. The maximum Gasteiger partial charge on any atom is 0.262 e. The number of nitrogens with zero attached hydrogens (tertiary/aromatic N) is 1. The summed E-state index contributed by atoms with van der Waals surface area (Å²) >= 11 is 5.93. The molecule has 2 N–H and O–H groups in total. The minimum Gasteiger partial charge on any atom is -0.756 e. The summed E-state index contributed by atoms with van der Waals surface area (Å²) in [6.45, 7) is 11.9. The molecule has 162 valence electrons. The summed E-state index contributed by atoms with van der Waals surface area (Å²) < 4.78 is 10.00. The molecule has 5 nitrogen and oxygen atoms in total. The van der Waals surface area contributed by atoms with E-state index in [4.69, 9.17) is 30.8 Å². The topological polar surface area (TPSA) is 80.6 Å². The molecule has 0 aromatic heterocycles. The van der Waals surface area contributed by atoms with Gasteiger partial charge in [-0.1, -0.05) is 56.0 Å². The average molecular weight is 434 g/mol. The third-order valence-electron chi connectivity index (χ3n) is 5.00. The van der Waals surface area contributed by atoms with Gasteiger partial charge in [0, 0.05) is 5.02 Å². The molecule has 0 amide bonds. The lowest BCUT2D eigenvalue weighted by atomic mass is 10.1. The van der Waals surface area contributed by atoms with Crippen molar-refractivity contribution in [3.63, 3.8) is 0 Å². The predicted octanol–water partition coefficient (Wildman–Crippen LogP) is 4.71. The number of phosphoric acid groups is 1. The number of rotatable bonds is 12. The van der Waals surface area contributed by atoms with Crippen molar-refractivity contribution in [2.75, 3.05) is 26.2 Å². The molecule has 1 rings (SSSR count). The molecule has 0 unspecified atom stereocenters. The van der Waals surface area contributed by atoms with Crippen LogP contribution in [0.1, 0.15) is 58.4 Å². The highest BCUT2D eigenvalue weighted by molar-refractivity contribution is 7.43. The summed E-state index contributed by atoms with van der Waals surface area (Å²) in [4.78, 5) is 22.9. The van der Waals surface area contributed by atoms with Crippen molar-refractivity contribution < 1.29 is 23.7 Å². The maximum atomic E-state index is 8.77. The molecule has 1 aromatic carbocycles. The number of likely N-dealkylation sites (N-methyl/N-ethyl adjacent to an activating group) is 1. The van der Waals surface area contributed by atoms with Crippen molar-refractivity contribution >= 4 is 19.4 Å². The highest BCUT2D eigenvalue weighted by atomic mass is 35.5. The monoisotopic (exact) mass is 433 g/mol. The number of halogens is 1. The zero-order valence-electron chi connectivity index (χ0n) is 17.5. The van der Waals surface area contributed by atoms with E-state index in [0.29, 0.717) is 0 Å². The van der Waals surface area contributed by atoms with E-state index in [1.165, 1.54) is 61.8 Å². The first-order chi connectivity index (χ1) is 13.2. The summed E-state index contributed by atoms with van der Waals surface area (Å²) in [5, 5.41) is 0.813. The van der Waals surface area contributed by atoms with Crippen LogP contribution in [0, 0.1) is 0 Å². The van der Waals surface area contributed by atoms with Crippen LogP contribution in [-0.4, -0.2) is 40.4 Å². The zero-order valence-corrected chi connectivity index (χ0v) is 19.2. The zero-order chi connectivity index (χ0) is 21.5. The number of hydrogen-bond acceptors (Lipinski definition) is 2. The van der Waals surface area contributed by atoms with Gasteiger partial charge in [-0.15, -0.1) is 0 Å². The molecule has 0 radical (unpaired) electrons. The van der Waals surface area contributed by atoms with Gasteiger partial charge in [0.05, 0.1) is 26.2 Å². The van der Waals surface area contributed by atoms with Crippen molar-refractivity contribution in [3.8, 4) is 0 Å². The molecule has 0 aliphatic carbocycles. The highest BCUT2D eigenvalue weighted by Crippen LogP contribution is 2.19. The number of unbranched alkanes of at least 4 members (excludes halogenated alkanes) is 4. The fourth-order valence-corrected chi connectivity index (χ4v) is 3.20. The molecule has 0 spiro atoms. The van der Waals surface area contributed by atoms with Crippen LogP contribution >= 0.6 is 19.4 Å². The van der Waals surface area contributed by atoms with Crippen LogP contribution in [0.2, 0.25) is 5.02 Å². The summed E-state index contributed by atoms with van der Waals surface area (Å²) in [5.74, 6) is 0. The van der Waals surface area contributed by atoms with Gasteiger partial charge in [-0.25, -0.2) is 0 Å². The van der Waals surface area contributed by atoms with E-state index in [2.05, 4.69) is 45.1 Å². The van der Waals surface area contributed by atoms with Crippen LogP contribution in [0.25, 0.3) is 0 Å². The Morgan fingerprint density at radius 3 is 2.04 bits per heavy atom. The molecular weight excluding hydrogens is 397 g/mol. The van der Waals surface area contributed by atoms with Crippen molar-refractivity contribution in [1.29, 1.82) is 0 Å². The second kappa shape index (κ2) is 15.2. The van der Waals surface area contributed by atoms with Gasteiger partial charge in [-0.2, -0.15) is 0 Å². The molecular formula is C21H37ClNO4P. The van der Waals surface area contributed by atoms with Gasteiger partial charge >= 0.3 is 0 Å². The van der Waals surface area contributed by atoms with Crippen LogP contribution < -0.4 is 4.89 Å². The first-order valence-electron chi connectivity index (χ1n) is 10.2. The first-order valence-corrected chi connectivity index (χ1v) is 12.1. The van der Waals surface area contributed by atoms with Crippen molar-refractivity contribution in [3.05, 3.63) is 47.0 Å². The third-order valence-corrected chi connectivity index (χ3v) is 5.26. The molecule has 28 heavy (non-hydrogen) atoms. The van der Waals surface area contributed by atoms with E-state index < -0.39 is 7.82 Å². The molecule has 0 heterocycles. The van der Waals surface area contributed by atoms with Crippen LogP contribution in [-0.2, 0) is 11.0 Å². The Hall–Kier alpha value is -0.680. The van der Waals surface area contributed by atoms with Crippen molar-refractivity contribution in [2.24, 2.45) is 0 Å². The van der Waals surface area contributed by atoms with Crippen molar-refractivity contribution in [2.45, 2.75) is 59.3 Å². The summed E-state index contributed by atoms with van der Waals surface area (Å²) in [5.41, 5.74) is 1.33. The first kappa shape index (κ1) is 27.3. The van der Waals surface area contributed by atoms with E-state index in [1.54, 1.807) is 0 Å². The van der Waals surface area contributed by atoms with E-state index >= 15 is 0 Å². The van der Waals surface area contributed by atoms with E-state index in [-0.39, 0.29) is 0 Å².